The third-order valence-electron chi connectivity index (χ3n) is 3.55. The molecule has 1 aromatic rings. The predicted molar refractivity (Wildman–Crippen MR) is 81.3 cm³/mol. The fourth-order valence-electron chi connectivity index (χ4n) is 2.43. The van der Waals surface area contributed by atoms with Crippen LogP contribution in [-0.4, -0.2) is 37.8 Å². The smallest absolute Gasteiger partial charge is 0.243 e. The Bertz CT molecular complexity index is 623. The molecule has 1 aliphatic heterocycles. The summed E-state index contributed by atoms with van der Waals surface area (Å²) in [6.45, 7) is 6.16. The largest absolute Gasteiger partial charge is 0.351 e. The van der Waals surface area contributed by atoms with Crippen molar-refractivity contribution < 1.29 is 13.2 Å². The van der Waals surface area contributed by atoms with Crippen LogP contribution in [0.4, 0.5) is 0 Å². The molecule has 0 aromatic heterocycles. The summed E-state index contributed by atoms with van der Waals surface area (Å²) in [5, 5.41) is 2.67. The summed E-state index contributed by atoms with van der Waals surface area (Å²) in [7, 11) is -3.63. The van der Waals surface area contributed by atoms with Gasteiger partial charge in [-0.2, -0.15) is 4.31 Å². The number of nitrogens with one attached hydrogen (secondary N) is 1. The standard InChI is InChI=1S/C15H20N2O3S/c1-3-10-16-15(18)14-5-4-11-17(14)21(19,20)13-8-6-12(2)7-9-13/h3,6-9,14H,1,4-5,10-11H2,2H3,(H,16,18)/t14-/m0/s1. The first-order valence-corrected chi connectivity index (χ1v) is 8.38. The molecule has 1 aromatic carbocycles. The van der Waals surface area contributed by atoms with E-state index in [4.69, 9.17) is 0 Å². The minimum atomic E-state index is -3.63. The quantitative estimate of drug-likeness (QED) is 0.837. The third-order valence-corrected chi connectivity index (χ3v) is 5.48. The second kappa shape index (κ2) is 6.41. The maximum atomic E-state index is 12.7. The minimum Gasteiger partial charge on any atom is -0.351 e. The van der Waals surface area contributed by atoms with Crippen LogP contribution in [0.3, 0.4) is 0 Å². The molecule has 1 fully saturated rings. The van der Waals surface area contributed by atoms with Crippen LogP contribution in [-0.2, 0) is 14.8 Å². The molecule has 1 saturated heterocycles. The number of amides is 1. The van der Waals surface area contributed by atoms with Crippen molar-refractivity contribution in [2.75, 3.05) is 13.1 Å². The van der Waals surface area contributed by atoms with Crippen molar-refractivity contribution in [3.05, 3.63) is 42.5 Å². The van der Waals surface area contributed by atoms with Gasteiger partial charge in [-0.25, -0.2) is 8.42 Å². The molecule has 0 aliphatic carbocycles. The molecule has 1 amide bonds. The van der Waals surface area contributed by atoms with Gasteiger partial charge in [0.1, 0.15) is 6.04 Å². The maximum absolute atomic E-state index is 12.7. The normalized spacial score (nSPS) is 19.4. The van der Waals surface area contributed by atoms with Crippen molar-refractivity contribution in [3.8, 4) is 0 Å². The van der Waals surface area contributed by atoms with E-state index < -0.39 is 16.1 Å². The molecule has 1 aliphatic rings. The van der Waals surface area contributed by atoms with Crippen LogP contribution in [0.2, 0.25) is 0 Å². The van der Waals surface area contributed by atoms with E-state index in [1.165, 1.54) is 4.31 Å². The molecule has 0 radical (unpaired) electrons. The number of rotatable bonds is 5. The van der Waals surface area contributed by atoms with Crippen LogP contribution in [0.1, 0.15) is 18.4 Å². The van der Waals surface area contributed by atoms with Gasteiger partial charge in [-0.05, 0) is 31.9 Å². The molecule has 6 heteroatoms. The predicted octanol–water partition coefficient (Wildman–Crippen LogP) is 1.45. The fraction of sp³-hybridized carbons (Fsp3) is 0.400. The SMILES string of the molecule is C=CCNC(=O)[C@@H]1CCCN1S(=O)(=O)c1ccc(C)cc1. The summed E-state index contributed by atoms with van der Waals surface area (Å²) in [4.78, 5) is 12.3. The van der Waals surface area contributed by atoms with E-state index in [-0.39, 0.29) is 10.8 Å². The van der Waals surface area contributed by atoms with Gasteiger partial charge >= 0.3 is 0 Å². The van der Waals surface area contributed by atoms with Crippen molar-refractivity contribution in [1.29, 1.82) is 0 Å². The summed E-state index contributed by atoms with van der Waals surface area (Å²) in [6, 6.07) is 6.06. The zero-order valence-corrected chi connectivity index (χ0v) is 12.9. The number of hydrogen-bond donors (Lipinski definition) is 1. The molecule has 0 bridgehead atoms. The first-order chi connectivity index (χ1) is 9.96. The molecule has 1 atom stereocenters. The van der Waals surface area contributed by atoms with Gasteiger partial charge in [0.15, 0.2) is 0 Å². The van der Waals surface area contributed by atoms with Gasteiger partial charge < -0.3 is 5.32 Å². The Labute approximate surface area is 125 Å². The summed E-state index contributed by atoms with van der Waals surface area (Å²) < 4.78 is 26.6. The van der Waals surface area contributed by atoms with Crippen molar-refractivity contribution in [2.24, 2.45) is 0 Å². The third kappa shape index (κ3) is 3.33. The Hall–Kier alpha value is -1.66. The molecule has 5 nitrogen and oxygen atoms in total. The molecule has 1 heterocycles. The van der Waals surface area contributed by atoms with Crippen molar-refractivity contribution in [1.82, 2.24) is 9.62 Å². The highest BCUT2D eigenvalue weighted by Crippen LogP contribution is 2.26. The van der Waals surface area contributed by atoms with Gasteiger partial charge in [-0.15, -0.1) is 6.58 Å². The zero-order valence-electron chi connectivity index (χ0n) is 12.1. The van der Waals surface area contributed by atoms with E-state index in [1.807, 2.05) is 6.92 Å². The Balaban J connectivity index is 2.24. The van der Waals surface area contributed by atoms with Crippen LogP contribution in [0.25, 0.3) is 0 Å². The van der Waals surface area contributed by atoms with Gasteiger partial charge in [0, 0.05) is 13.1 Å². The lowest BCUT2D eigenvalue weighted by Gasteiger charge is -2.23. The minimum absolute atomic E-state index is 0.233. The summed E-state index contributed by atoms with van der Waals surface area (Å²) in [6.07, 6.45) is 2.82. The van der Waals surface area contributed by atoms with E-state index in [9.17, 15) is 13.2 Å². The van der Waals surface area contributed by atoms with Crippen molar-refractivity contribution in [2.45, 2.75) is 30.7 Å². The lowest BCUT2D eigenvalue weighted by Crippen LogP contribution is -2.45. The maximum Gasteiger partial charge on any atom is 0.243 e. The second-order valence-corrected chi connectivity index (χ2v) is 7.01. The topological polar surface area (TPSA) is 66.5 Å². The van der Waals surface area contributed by atoms with Crippen LogP contribution >= 0.6 is 0 Å². The Kier molecular flexibility index (Phi) is 4.80. The van der Waals surface area contributed by atoms with E-state index in [1.54, 1.807) is 30.3 Å². The highest BCUT2D eigenvalue weighted by atomic mass is 32.2. The second-order valence-electron chi connectivity index (χ2n) is 5.12. The summed E-state index contributed by atoms with van der Waals surface area (Å²) in [5.74, 6) is -0.261. The number of benzene rings is 1. The van der Waals surface area contributed by atoms with Crippen LogP contribution in [0.15, 0.2) is 41.8 Å². The molecule has 2 rings (SSSR count). The van der Waals surface area contributed by atoms with Crippen LogP contribution in [0, 0.1) is 6.92 Å². The van der Waals surface area contributed by atoms with Gasteiger partial charge in [0.2, 0.25) is 15.9 Å². The van der Waals surface area contributed by atoms with E-state index in [0.717, 1.165) is 5.56 Å². The molecular formula is C15H20N2O3S. The first kappa shape index (κ1) is 15.7. The molecule has 0 spiro atoms. The molecule has 21 heavy (non-hydrogen) atoms. The Morgan fingerprint density at radius 2 is 2.10 bits per heavy atom. The monoisotopic (exact) mass is 308 g/mol. The number of carbonyl (C=O) groups is 1. The Morgan fingerprint density at radius 1 is 1.43 bits per heavy atom. The fourth-order valence-corrected chi connectivity index (χ4v) is 4.08. The van der Waals surface area contributed by atoms with Gasteiger partial charge in [-0.3, -0.25) is 4.79 Å². The average Bonchev–Trinajstić information content (AvgIpc) is 2.95. The van der Waals surface area contributed by atoms with Crippen molar-refractivity contribution >= 4 is 15.9 Å². The first-order valence-electron chi connectivity index (χ1n) is 6.94. The number of nitrogens with zero attached hydrogens (tertiary/aromatic N) is 1. The molecule has 1 N–H and O–H groups in total. The lowest BCUT2D eigenvalue weighted by atomic mass is 10.2. The summed E-state index contributed by atoms with van der Waals surface area (Å²) >= 11 is 0. The molecular weight excluding hydrogens is 288 g/mol. The highest BCUT2D eigenvalue weighted by molar-refractivity contribution is 7.89. The van der Waals surface area contributed by atoms with E-state index in [0.29, 0.717) is 25.9 Å². The van der Waals surface area contributed by atoms with Gasteiger partial charge in [-0.1, -0.05) is 23.8 Å². The lowest BCUT2D eigenvalue weighted by molar-refractivity contribution is -0.123. The van der Waals surface area contributed by atoms with E-state index in [2.05, 4.69) is 11.9 Å². The molecule has 0 unspecified atom stereocenters. The number of aryl methyl sites for hydroxylation is 1. The highest BCUT2D eigenvalue weighted by Gasteiger charge is 2.39. The van der Waals surface area contributed by atoms with Crippen molar-refractivity contribution in [3.63, 3.8) is 0 Å². The number of carbonyl (C=O) groups excluding carboxylic acids is 1. The van der Waals surface area contributed by atoms with E-state index >= 15 is 0 Å². The average molecular weight is 308 g/mol. The van der Waals surface area contributed by atoms with Crippen LogP contribution < -0.4 is 5.32 Å². The summed E-state index contributed by atoms with van der Waals surface area (Å²) in [5.41, 5.74) is 0.996. The number of hydrogen-bond acceptors (Lipinski definition) is 3. The molecule has 114 valence electrons. The van der Waals surface area contributed by atoms with Gasteiger partial charge in [0.05, 0.1) is 4.90 Å². The van der Waals surface area contributed by atoms with Crippen LogP contribution in [0.5, 0.6) is 0 Å². The van der Waals surface area contributed by atoms with Gasteiger partial charge in [0.25, 0.3) is 0 Å². The molecule has 0 saturated carbocycles. The number of sulfonamides is 1. The Morgan fingerprint density at radius 3 is 2.71 bits per heavy atom. The zero-order chi connectivity index (χ0) is 15.5.